The molecule has 0 saturated carbocycles. The van der Waals surface area contributed by atoms with Crippen LogP contribution in [0, 0.1) is 22.7 Å². The molecule has 1 aliphatic rings. The summed E-state index contributed by atoms with van der Waals surface area (Å²) in [5.41, 5.74) is 1.82. The van der Waals surface area contributed by atoms with Gasteiger partial charge in [0, 0.05) is 16.8 Å². The Morgan fingerprint density at radius 1 is 1.14 bits per heavy atom. The fourth-order valence-corrected chi connectivity index (χ4v) is 8.68. The van der Waals surface area contributed by atoms with E-state index in [1.807, 2.05) is 45.9 Å². The lowest BCUT2D eigenvalue weighted by atomic mass is 9.97. The van der Waals surface area contributed by atoms with Crippen LogP contribution in [-0.2, 0) is 9.05 Å². The molecule has 1 aromatic rings. The highest BCUT2D eigenvalue weighted by Gasteiger charge is 2.48. The van der Waals surface area contributed by atoms with E-state index in [0.29, 0.717) is 18.6 Å². The van der Waals surface area contributed by atoms with Crippen molar-refractivity contribution in [3.8, 4) is 12.1 Å². The van der Waals surface area contributed by atoms with Gasteiger partial charge in [-0.05, 0) is 59.2 Å². The van der Waals surface area contributed by atoms with Crippen LogP contribution in [0.5, 0.6) is 0 Å². The van der Waals surface area contributed by atoms with Gasteiger partial charge >= 0.3 is 0 Å². The van der Waals surface area contributed by atoms with Gasteiger partial charge in [-0.15, -0.1) is 0 Å². The van der Waals surface area contributed by atoms with E-state index < -0.39 is 8.53 Å². The molecule has 8 heteroatoms. The third kappa shape index (κ3) is 6.34. The highest BCUT2D eigenvalue weighted by atomic mass is 33.1. The van der Waals surface area contributed by atoms with Crippen LogP contribution in [-0.4, -0.2) is 34.2 Å². The van der Waals surface area contributed by atoms with Gasteiger partial charge in [-0.2, -0.15) is 10.5 Å². The predicted molar refractivity (Wildman–Crippen MR) is 123 cm³/mol. The molecule has 1 saturated heterocycles. The zero-order chi connectivity index (χ0) is 21.6. The number of benzene rings is 1. The van der Waals surface area contributed by atoms with Crippen molar-refractivity contribution in [2.75, 3.05) is 6.61 Å². The Morgan fingerprint density at radius 2 is 1.76 bits per heavy atom. The van der Waals surface area contributed by atoms with Crippen molar-refractivity contribution >= 4 is 30.1 Å². The fourth-order valence-electron chi connectivity index (χ4n) is 3.19. The van der Waals surface area contributed by atoms with Gasteiger partial charge in [-0.1, -0.05) is 33.7 Å². The molecule has 5 nitrogen and oxygen atoms in total. The van der Waals surface area contributed by atoms with Crippen LogP contribution in [0.15, 0.2) is 24.3 Å². The molecular weight excluding hydrogens is 421 g/mol. The van der Waals surface area contributed by atoms with E-state index in [1.165, 1.54) is 0 Å². The molecule has 1 aliphatic heterocycles. The van der Waals surface area contributed by atoms with Crippen molar-refractivity contribution in [1.29, 1.82) is 10.5 Å². The summed E-state index contributed by atoms with van der Waals surface area (Å²) in [6.45, 7) is 13.4. The zero-order valence-corrected chi connectivity index (χ0v) is 20.5. The molecule has 3 unspecified atom stereocenters. The molecular formula is C21H30N3O2PS2. The lowest BCUT2D eigenvalue weighted by Crippen LogP contribution is -2.39. The Kier molecular flexibility index (Phi) is 9.29. The first-order chi connectivity index (χ1) is 13.7. The quantitative estimate of drug-likeness (QED) is 0.243. The summed E-state index contributed by atoms with van der Waals surface area (Å²) in [5.74, 6) is 0. The van der Waals surface area contributed by atoms with Gasteiger partial charge < -0.3 is 9.05 Å². The molecule has 0 radical (unpaired) electrons. The largest absolute Gasteiger partial charge is 0.321 e. The van der Waals surface area contributed by atoms with Gasteiger partial charge in [0.15, 0.2) is 0 Å². The van der Waals surface area contributed by atoms with E-state index in [4.69, 9.17) is 19.6 Å². The SMILES string of the molecule is CC(C)N(C(C)C)P(OCCC#N)OC1C(c2ccc(C#N)cc2)SSC1(C)C. The average Bonchev–Trinajstić information content (AvgIpc) is 2.96. The van der Waals surface area contributed by atoms with E-state index in [1.54, 1.807) is 0 Å². The van der Waals surface area contributed by atoms with Gasteiger partial charge in [-0.3, -0.25) is 0 Å². The van der Waals surface area contributed by atoms with Gasteiger partial charge in [0.1, 0.15) is 0 Å². The third-order valence-corrected chi connectivity index (χ3v) is 10.4. The first-order valence-electron chi connectivity index (χ1n) is 9.80. The zero-order valence-electron chi connectivity index (χ0n) is 18.0. The fraction of sp³-hybridized carbons (Fsp3) is 0.619. The van der Waals surface area contributed by atoms with Crippen molar-refractivity contribution in [3.63, 3.8) is 0 Å². The Hall–Kier alpha value is -0.790. The summed E-state index contributed by atoms with van der Waals surface area (Å²) >= 11 is 0. The Balaban J connectivity index is 2.30. The normalized spacial score (nSPS) is 22.0. The molecule has 0 bridgehead atoms. The third-order valence-electron chi connectivity index (χ3n) is 4.56. The maximum Gasteiger partial charge on any atom is 0.259 e. The second-order valence-corrected chi connectivity index (χ2v) is 12.4. The molecule has 1 heterocycles. The second-order valence-electron chi connectivity index (χ2n) is 8.01. The summed E-state index contributed by atoms with van der Waals surface area (Å²) in [6.07, 6.45) is 0.293. The molecule has 1 aromatic carbocycles. The van der Waals surface area contributed by atoms with Crippen LogP contribution in [0.25, 0.3) is 0 Å². The molecule has 0 spiro atoms. The topological polar surface area (TPSA) is 69.3 Å². The van der Waals surface area contributed by atoms with Crippen molar-refractivity contribution in [2.24, 2.45) is 0 Å². The monoisotopic (exact) mass is 451 g/mol. The number of hydrogen-bond donors (Lipinski definition) is 0. The number of nitriles is 2. The Morgan fingerprint density at radius 3 is 2.28 bits per heavy atom. The van der Waals surface area contributed by atoms with E-state index >= 15 is 0 Å². The van der Waals surface area contributed by atoms with Crippen LogP contribution in [0.2, 0.25) is 0 Å². The molecule has 2 rings (SSSR count). The molecule has 1 fully saturated rings. The molecule has 158 valence electrons. The van der Waals surface area contributed by atoms with Gasteiger partial charge in [0.25, 0.3) is 8.53 Å². The minimum absolute atomic E-state index is 0.0568. The van der Waals surface area contributed by atoms with Crippen LogP contribution < -0.4 is 0 Å². The predicted octanol–water partition coefficient (Wildman–Crippen LogP) is 6.43. The van der Waals surface area contributed by atoms with Crippen molar-refractivity contribution in [3.05, 3.63) is 35.4 Å². The minimum atomic E-state index is -1.31. The molecule has 3 atom stereocenters. The number of rotatable bonds is 9. The highest BCUT2D eigenvalue weighted by molar-refractivity contribution is 8.77. The maximum atomic E-state index is 9.09. The molecule has 0 amide bonds. The molecule has 0 aliphatic carbocycles. The van der Waals surface area contributed by atoms with Gasteiger partial charge in [0.2, 0.25) is 0 Å². The van der Waals surface area contributed by atoms with Crippen LogP contribution in [0.3, 0.4) is 0 Å². The highest BCUT2D eigenvalue weighted by Crippen LogP contribution is 2.63. The lowest BCUT2D eigenvalue weighted by molar-refractivity contribution is 0.114. The summed E-state index contributed by atoms with van der Waals surface area (Å²) < 4.78 is 15.0. The Labute approximate surface area is 184 Å². The van der Waals surface area contributed by atoms with Crippen LogP contribution in [0.4, 0.5) is 0 Å². The van der Waals surface area contributed by atoms with Gasteiger partial charge in [-0.25, -0.2) is 4.67 Å². The van der Waals surface area contributed by atoms with E-state index in [9.17, 15) is 0 Å². The summed E-state index contributed by atoms with van der Waals surface area (Å²) in [6, 6.07) is 12.6. The summed E-state index contributed by atoms with van der Waals surface area (Å²) in [5, 5.41) is 18.2. The van der Waals surface area contributed by atoms with E-state index in [-0.39, 0.29) is 28.2 Å². The van der Waals surface area contributed by atoms with Crippen molar-refractivity contribution in [2.45, 2.75) is 76.1 Å². The van der Waals surface area contributed by atoms with E-state index in [2.05, 4.69) is 58.4 Å². The molecule has 29 heavy (non-hydrogen) atoms. The average molecular weight is 452 g/mol. The van der Waals surface area contributed by atoms with Crippen LogP contribution in [0.1, 0.15) is 64.3 Å². The van der Waals surface area contributed by atoms with Gasteiger partial charge in [0.05, 0.1) is 42.1 Å². The molecule has 0 N–H and O–H groups in total. The minimum Gasteiger partial charge on any atom is -0.321 e. The van der Waals surface area contributed by atoms with Crippen molar-refractivity contribution < 1.29 is 9.05 Å². The molecule has 0 aromatic heterocycles. The van der Waals surface area contributed by atoms with Crippen LogP contribution >= 0.6 is 30.1 Å². The standard InChI is InChI=1S/C21H30N3O2PS2/c1-15(2)24(16(3)4)27(25-13-7-12-22)26-20-19(28-29-21(20,5)6)18-10-8-17(14-23)9-11-18/h8-11,15-16,19-20H,7,13H2,1-6H3. The second kappa shape index (κ2) is 11.0. The summed E-state index contributed by atoms with van der Waals surface area (Å²) in [7, 11) is 2.34. The summed E-state index contributed by atoms with van der Waals surface area (Å²) in [4.78, 5) is 0. The number of hydrogen-bond acceptors (Lipinski definition) is 7. The first-order valence-corrected chi connectivity index (χ1v) is 13.1. The number of nitrogens with zero attached hydrogens (tertiary/aromatic N) is 3. The maximum absolute atomic E-state index is 9.09. The van der Waals surface area contributed by atoms with E-state index in [0.717, 1.165) is 5.56 Å². The first kappa shape index (κ1) is 24.5. The Bertz CT molecular complexity index is 736. The smallest absolute Gasteiger partial charge is 0.259 e. The van der Waals surface area contributed by atoms with Crippen molar-refractivity contribution in [1.82, 2.24) is 4.67 Å². The lowest BCUT2D eigenvalue weighted by Gasteiger charge is -2.39.